The molecule has 5 nitrogen and oxygen atoms in total. The Kier molecular flexibility index (Phi) is 5.36. The van der Waals surface area contributed by atoms with Crippen LogP contribution < -0.4 is 0 Å². The van der Waals surface area contributed by atoms with E-state index in [1.807, 2.05) is 24.3 Å². The van der Waals surface area contributed by atoms with Gasteiger partial charge in [0, 0.05) is 24.2 Å². The summed E-state index contributed by atoms with van der Waals surface area (Å²) in [6.07, 6.45) is 0.726. The lowest BCUT2D eigenvalue weighted by molar-refractivity contribution is -0.139. The van der Waals surface area contributed by atoms with Gasteiger partial charge in [-0.15, -0.1) is 0 Å². The van der Waals surface area contributed by atoms with Crippen molar-refractivity contribution in [3.05, 3.63) is 34.3 Å². The van der Waals surface area contributed by atoms with Crippen LogP contribution in [0.1, 0.15) is 18.4 Å². The van der Waals surface area contributed by atoms with Crippen LogP contribution in [0, 0.1) is 0 Å². The molecule has 2 atom stereocenters. The molecule has 0 spiro atoms. The number of carbonyl (C=O) groups is 2. The molecule has 0 aromatic heterocycles. The second kappa shape index (κ2) is 7.04. The number of aliphatic carboxylic acids is 1. The highest BCUT2D eigenvalue weighted by Crippen LogP contribution is 2.24. The van der Waals surface area contributed by atoms with E-state index >= 15 is 0 Å². The second-order valence-corrected chi connectivity index (χ2v) is 6.11. The van der Waals surface area contributed by atoms with Gasteiger partial charge in [0.25, 0.3) is 0 Å². The van der Waals surface area contributed by atoms with Crippen LogP contribution >= 0.6 is 15.9 Å². The van der Waals surface area contributed by atoms with E-state index in [-0.39, 0.29) is 30.9 Å². The van der Waals surface area contributed by atoms with Crippen molar-refractivity contribution in [2.45, 2.75) is 31.4 Å². The summed E-state index contributed by atoms with van der Waals surface area (Å²) in [7, 11) is 1.59. The number of hydrogen-bond acceptors (Lipinski definition) is 3. The van der Waals surface area contributed by atoms with E-state index in [0.717, 1.165) is 10.0 Å². The first-order valence-electron chi connectivity index (χ1n) is 6.78. The zero-order valence-electron chi connectivity index (χ0n) is 11.8. The molecule has 0 bridgehead atoms. The van der Waals surface area contributed by atoms with Crippen molar-refractivity contribution >= 4 is 27.8 Å². The fraction of sp³-hybridized carbons (Fsp3) is 0.467. The Labute approximate surface area is 132 Å². The highest BCUT2D eigenvalue weighted by molar-refractivity contribution is 9.10. The standard InChI is InChI=1S/C15H18BrNO4/c1-21-13-7-12(8-15(19)20)17(9-13)14(18)6-10-3-2-4-11(16)5-10/h2-5,12-13H,6-9H2,1H3,(H,19,20). The van der Waals surface area contributed by atoms with Crippen LogP contribution in [0.25, 0.3) is 0 Å². The molecule has 1 heterocycles. The Bertz CT molecular complexity index is 534. The summed E-state index contributed by atoms with van der Waals surface area (Å²) in [5, 5.41) is 8.97. The zero-order chi connectivity index (χ0) is 15.4. The number of amides is 1. The predicted molar refractivity (Wildman–Crippen MR) is 81.0 cm³/mol. The van der Waals surface area contributed by atoms with Crippen LogP contribution in [0.5, 0.6) is 0 Å². The molecule has 21 heavy (non-hydrogen) atoms. The van der Waals surface area contributed by atoms with Gasteiger partial charge in [0.1, 0.15) is 0 Å². The van der Waals surface area contributed by atoms with Crippen molar-refractivity contribution in [3.8, 4) is 0 Å². The maximum Gasteiger partial charge on any atom is 0.305 e. The number of halogens is 1. The van der Waals surface area contributed by atoms with E-state index in [1.54, 1.807) is 12.0 Å². The lowest BCUT2D eigenvalue weighted by Gasteiger charge is -2.23. The number of carboxylic acid groups (broad SMARTS) is 1. The molecule has 0 radical (unpaired) electrons. The Morgan fingerprint density at radius 1 is 1.48 bits per heavy atom. The third-order valence-corrected chi connectivity index (χ3v) is 4.18. The number of ether oxygens (including phenoxy) is 1. The number of hydrogen-bond donors (Lipinski definition) is 1. The fourth-order valence-corrected chi connectivity index (χ4v) is 3.11. The maximum atomic E-state index is 12.4. The summed E-state index contributed by atoms with van der Waals surface area (Å²) in [6, 6.07) is 7.28. The molecule has 1 aromatic rings. The molecule has 2 unspecified atom stereocenters. The van der Waals surface area contributed by atoms with Gasteiger partial charge in [-0.3, -0.25) is 9.59 Å². The quantitative estimate of drug-likeness (QED) is 0.877. The first-order valence-corrected chi connectivity index (χ1v) is 7.57. The van der Waals surface area contributed by atoms with Crippen LogP contribution in [-0.2, 0) is 20.7 Å². The van der Waals surface area contributed by atoms with Crippen molar-refractivity contribution in [2.24, 2.45) is 0 Å². The van der Waals surface area contributed by atoms with Crippen LogP contribution in [0.4, 0.5) is 0 Å². The average Bonchev–Trinajstić information content (AvgIpc) is 2.81. The number of rotatable bonds is 5. The van der Waals surface area contributed by atoms with E-state index in [2.05, 4.69) is 15.9 Å². The van der Waals surface area contributed by atoms with E-state index in [9.17, 15) is 9.59 Å². The summed E-state index contributed by atoms with van der Waals surface area (Å²) in [6.45, 7) is 0.460. The van der Waals surface area contributed by atoms with E-state index < -0.39 is 5.97 Å². The SMILES string of the molecule is COC1CC(CC(=O)O)N(C(=O)Cc2cccc(Br)c2)C1. The van der Waals surface area contributed by atoms with Gasteiger partial charge in [-0.2, -0.15) is 0 Å². The number of carboxylic acids is 1. The van der Waals surface area contributed by atoms with Gasteiger partial charge in [0.05, 0.1) is 18.9 Å². The molecule has 1 aliphatic heterocycles. The van der Waals surface area contributed by atoms with E-state index in [1.165, 1.54) is 0 Å². The largest absolute Gasteiger partial charge is 0.481 e. The van der Waals surface area contributed by atoms with Gasteiger partial charge < -0.3 is 14.7 Å². The lowest BCUT2D eigenvalue weighted by Crippen LogP contribution is -2.38. The van der Waals surface area contributed by atoms with Crippen molar-refractivity contribution in [2.75, 3.05) is 13.7 Å². The van der Waals surface area contributed by atoms with Crippen LogP contribution in [0.3, 0.4) is 0 Å². The number of methoxy groups -OCH3 is 1. The van der Waals surface area contributed by atoms with Crippen molar-refractivity contribution in [1.82, 2.24) is 4.90 Å². The molecular weight excluding hydrogens is 338 g/mol. The number of likely N-dealkylation sites (tertiary alicyclic amines) is 1. The molecule has 114 valence electrons. The minimum atomic E-state index is -0.892. The summed E-state index contributed by atoms with van der Waals surface area (Å²) in [5.74, 6) is -0.948. The van der Waals surface area contributed by atoms with Crippen molar-refractivity contribution < 1.29 is 19.4 Å². The second-order valence-electron chi connectivity index (χ2n) is 5.20. The normalized spacial score (nSPS) is 21.5. The Morgan fingerprint density at radius 2 is 2.24 bits per heavy atom. The Morgan fingerprint density at radius 3 is 2.86 bits per heavy atom. The van der Waals surface area contributed by atoms with Gasteiger partial charge in [0.2, 0.25) is 5.91 Å². The van der Waals surface area contributed by atoms with Crippen molar-refractivity contribution in [3.63, 3.8) is 0 Å². The Balaban J connectivity index is 2.06. The molecule has 1 N–H and O–H groups in total. The summed E-state index contributed by atoms with van der Waals surface area (Å²) < 4.78 is 6.20. The minimum absolute atomic E-state index is 0.0376. The third kappa shape index (κ3) is 4.28. The van der Waals surface area contributed by atoms with E-state index in [0.29, 0.717) is 13.0 Å². The summed E-state index contributed by atoms with van der Waals surface area (Å²) in [4.78, 5) is 25.0. The van der Waals surface area contributed by atoms with Crippen LogP contribution in [0.15, 0.2) is 28.7 Å². The van der Waals surface area contributed by atoms with Crippen LogP contribution in [0.2, 0.25) is 0 Å². The lowest BCUT2D eigenvalue weighted by atomic mass is 10.1. The van der Waals surface area contributed by atoms with Gasteiger partial charge in [0.15, 0.2) is 0 Å². The molecule has 1 saturated heterocycles. The molecular formula is C15H18BrNO4. The number of carbonyl (C=O) groups excluding carboxylic acids is 1. The molecule has 1 amide bonds. The monoisotopic (exact) mass is 355 g/mol. The van der Waals surface area contributed by atoms with Crippen LogP contribution in [-0.4, -0.2) is 47.7 Å². The fourth-order valence-electron chi connectivity index (χ4n) is 2.67. The number of nitrogens with zero attached hydrogens (tertiary/aromatic N) is 1. The highest BCUT2D eigenvalue weighted by Gasteiger charge is 2.36. The van der Waals surface area contributed by atoms with Crippen molar-refractivity contribution in [1.29, 1.82) is 0 Å². The van der Waals surface area contributed by atoms with Gasteiger partial charge in [-0.25, -0.2) is 0 Å². The van der Waals surface area contributed by atoms with Gasteiger partial charge in [-0.1, -0.05) is 28.1 Å². The predicted octanol–water partition coefficient (Wildman–Crippen LogP) is 2.08. The molecule has 0 saturated carbocycles. The number of benzene rings is 1. The maximum absolute atomic E-state index is 12.4. The molecule has 1 aromatic carbocycles. The Hall–Kier alpha value is -1.40. The van der Waals surface area contributed by atoms with Gasteiger partial charge in [-0.05, 0) is 24.1 Å². The smallest absolute Gasteiger partial charge is 0.305 e. The summed E-state index contributed by atoms with van der Waals surface area (Å²) >= 11 is 3.38. The first kappa shape index (κ1) is 16.0. The minimum Gasteiger partial charge on any atom is -0.481 e. The topological polar surface area (TPSA) is 66.8 Å². The third-order valence-electron chi connectivity index (χ3n) is 3.68. The molecule has 6 heteroatoms. The molecule has 1 fully saturated rings. The average molecular weight is 356 g/mol. The molecule has 2 rings (SSSR count). The molecule has 0 aliphatic carbocycles. The van der Waals surface area contributed by atoms with E-state index in [4.69, 9.17) is 9.84 Å². The first-order chi connectivity index (χ1) is 9.99. The summed E-state index contributed by atoms with van der Waals surface area (Å²) in [5.41, 5.74) is 0.907. The molecule has 1 aliphatic rings. The zero-order valence-corrected chi connectivity index (χ0v) is 13.4. The van der Waals surface area contributed by atoms with Gasteiger partial charge >= 0.3 is 5.97 Å². The highest BCUT2D eigenvalue weighted by atomic mass is 79.9.